The van der Waals surface area contributed by atoms with E-state index in [1.165, 1.54) is 12.7 Å². The van der Waals surface area contributed by atoms with E-state index in [-0.39, 0.29) is 0 Å². The van der Waals surface area contributed by atoms with Gasteiger partial charge in [0.15, 0.2) is 0 Å². The molecule has 1 heterocycles. The Morgan fingerprint density at radius 1 is 1.24 bits per heavy atom. The van der Waals surface area contributed by atoms with Gasteiger partial charge in [-0.1, -0.05) is 45.0 Å². The van der Waals surface area contributed by atoms with Crippen LogP contribution < -0.4 is 0 Å². The standard InChI is InChI=1S/C19H27N3O3/c1-6-16(22-12-20-11-21-22)19(25,18(4,5)17(23)24)15-9-7-14(8-10-15)13(2)3/h7-13,16,25H,6H2,1-5H3,(H,23,24). The zero-order valence-electron chi connectivity index (χ0n) is 15.5. The fraction of sp³-hybridized carbons (Fsp3) is 0.526. The van der Waals surface area contributed by atoms with Crippen molar-refractivity contribution >= 4 is 5.97 Å². The van der Waals surface area contributed by atoms with Crippen molar-refractivity contribution in [1.29, 1.82) is 0 Å². The van der Waals surface area contributed by atoms with Crippen LogP contribution in [-0.4, -0.2) is 30.9 Å². The molecule has 0 aliphatic heterocycles. The van der Waals surface area contributed by atoms with Crippen LogP contribution in [0.4, 0.5) is 0 Å². The number of aliphatic hydroxyl groups is 1. The van der Waals surface area contributed by atoms with Gasteiger partial charge >= 0.3 is 5.97 Å². The minimum Gasteiger partial charge on any atom is -0.481 e. The van der Waals surface area contributed by atoms with Gasteiger partial charge in [-0.05, 0) is 37.3 Å². The Kier molecular flexibility index (Phi) is 5.32. The molecular weight excluding hydrogens is 318 g/mol. The Hall–Kier alpha value is -2.21. The summed E-state index contributed by atoms with van der Waals surface area (Å²) < 4.78 is 1.54. The van der Waals surface area contributed by atoms with Crippen molar-refractivity contribution < 1.29 is 15.0 Å². The van der Waals surface area contributed by atoms with Crippen LogP contribution in [0.15, 0.2) is 36.9 Å². The largest absolute Gasteiger partial charge is 0.481 e. The molecule has 1 aromatic heterocycles. The predicted molar refractivity (Wildman–Crippen MR) is 95.2 cm³/mol. The minimum absolute atomic E-state index is 0.354. The van der Waals surface area contributed by atoms with Gasteiger partial charge < -0.3 is 10.2 Å². The molecule has 0 radical (unpaired) electrons. The fourth-order valence-electron chi connectivity index (χ4n) is 3.31. The molecular formula is C19H27N3O3. The summed E-state index contributed by atoms with van der Waals surface area (Å²) in [6, 6.07) is 6.96. The molecule has 0 fully saturated rings. The third-order valence-corrected chi connectivity index (χ3v) is 5.13. The first-order valence-corrected chi connectivity index (χ1v) is 8.56. The molecule has 0 saturated heterocycles. The molecule has 0 bridgehead atoms. The second-order valence-electron chi connectivity index (χ2n) is 7.27. The summed E-state index contributed by atoms with van der Waals surface area (Å²) in [5.74, 6) is -0.714. The molecule has 6 nitrogen and oxygen atoms in total. The third-order valence-electron chi connectivity index (χ3n) is 5.13. The number of carboxylic acids is 1. The fourth-order valence-corrected chi connectivity index (χ4v) is 3.31. The van der Waals surface area contributed by atoms with Crippen LogP contribution in [0.1, 0.15) is 64.1 Å². The smallest absolute Gasteiger partial charge is 0.312 e. The number of hydrogen-bond acceptors (Lipinski definition) is 4. The van der Waals surface area contributed by atoms with Gasteiger partial charge in [0, 0.05) is 0 Å². The third kappa shape index (κ3) is 3.18. The van der Waals surface area contributed by atoms with Crippen LogP contribution in [0.2, 0.25) is 0 Å². The van der Waals surface area contributed by atoms with Gasteiger partial charge in [0.2, 0.25) is 0 Å². The maximum absolute atomic E-state index is 12.0. The first-order valence-electron chi connectivity index (χ1n) is 8.56. The Labute approximate surface area is 148 Å². The van der Waals surface area contributed by atoms with Crippen LogP contribution in [-0.2, 0) is 10.4 Å². The summed E-state index contributed by atoms with van der Waals surface area (Å²) in [5.41, 5.74) is -1.39. The molecule has 0 amide bonds. The topological polar surface area (TPSA) is 88.2 Å². The zero-order chi connectivity index (χ0) is 18.8. The van der Waals surface area contributed by atoms with Crippen molar-refractivity contribution in [2.45, 2.75) is 58.6 Å². The highest BCUT2D eigenvalue weighted by Gasteiger charge is 2.55. The first kappa shape index (κ1) is 19.1. The Balaban J connectivity index is 2.66. The molecule has 2 N–H and O–H groups in total. The Morgan fingerprint density at radius 3 is 2.24 bits per heavy atom. The highest BCUT2D eigenvalue weighted by molar-refractivity contribution is 5.76. The maximum Gasteiger partial charge on any atom is 0.312 e. The van der Waals surface area contributed by atoms with Crippen LogP contribution in [0.25, 0.3) is 0 Å². The minimum atomic E-state index is -1.66. The summed E-state index contributed by atoms with van der Waals surface area (Å²) >= 11 is 0. The maximum atomic E-state index is 12.0. The van der Waals surface area contributed by atoms with Crippen LogP contribution in [0.3, 0.4) is 0 Å². The van der Waals surface area contributed by atoms with Gasteiger partial charge in [0.1, 0.15) is 18.3 Å². The SMILES string of the molecule is CCC(n1cncn1)C(O)(c1ccc(C(C)C)cc1)C(C)(C)C(=O)O. The number of carbonyl (C=O) groups is 1. The lowest BCUT2D eigenvalue weighted by Gasteiger charge is -2.45. The van der Waals surface area contributed by atoms with Gasteiger partial charge in [0.05, 0.1) is 11.5 Å². The van der Waals surface area contributed by atoms with Crippen molar-refractivity contribution in [3.8, 4) is 0 Å². The van der Waals surface area contributed by atoms with Crippen molar-refractivity contribution in [2.75, 3.05) is 0 Å². The van der Waals surface area contributed by atoms with Crippen molar-refractivity contribution in [3.63, 3.8) is 0 Å². The molecule has 1 aromatic carbocycles. The Bertz CT molecular complexity index is 708. The lowest BCUT2D eigenvalue weighted by Crippen LogP contribution is -2.52. The number of nitrogens with zero attached hydrogens (tertiary/aromatic N) is 3. The highest BCUT2D eigenvalue weighted by Crippen LogP contribution is 2.48. The normalized spacial score (nSPS) is 15.8. The van der Waals surface area contributed by atoms with E-state index in [1.807, 2.05) is 31.2 Å². The molecule has 0 aliphatic rings. The summed E-state index contributed by atoms with van der Waals surface area (Å²) in [6.07, 6.45) is 3.40. The van der Waals surface area contributed by atoms with E-state index in [9.17, 15) is 15.0 Å². The van der Waals surface area contributed by atoms with Gasteiger partial charge in [-0.3, -0.25) is 4.79 Å². The van der Waals surface area contributed by atoms with E-state index in [0.29, 0.717) is 17.9 Å². The molecule has 25 heavy (non-hydrogen) atoms. The molecule has 0 aliphatic carbocycles. The molecule has 0 saturated carbocycles. The van der Waals surface area contributed by atoms with E-state index >= 15 is 0 Å². The lowest BCUT2D eigenvalue weighted by atomic mass is 9.66. The van der Waals surface area contributed by atoms with E-state index < -0.39 is 23.0 Å². The van der Waals surface area contributed by atoms with Crippen molar-refractivity contribution in [3.05, 3.63) is 48.0 Å². The number of aliphatic carboxylic acids is 1. The quantitative estimate of drug-likeness (QED) is 0.803. The summed E-state index contributed by atoms with van der Waals surface area (Å²) in [7, 11) is 0. The van der Waals surface area contributed by atoms with E-state index in [4.69, 9.17) is 0 Å². The predicted octanol–water partition coefficient (Wildman–Crippen LogP) is 3.35. The van der Waals surface area contributed by atoms with Gasteiger partial charge in [-0.2, -0.15) is 5.10 Å². The van der Waals surface area contributed by atoms with Crippen molar-refractivity contribution in [1.82, 2.24) is 14.8 Å². The van der Waals surface area contributed by atoms with Crippen LogP contribution >= 0.6 is 0 Å². The number of carboxylic acid groups (broad SMARTS) is 1. The molecule has 2 unspecified atom stereocenters. The number of aromatic nitrogens is 3. The monoisotopic (exact) mass is 345 g/mol. The number of rotatable bonds is 7. The van der Waals surface area contributed by atoms with E-state index in [2.05, 4.69) is 23.9 Å². The van der Waals surface area contributed by atoms with Crippen LogP contribution in [0, 0.1) is 5.41 Å². The molecule has 2 atom stereocenters. The Morgan fingerprint density at radius 2 is 1.84 bits per heavy atom. The zero-order valence-corrected chi connectivity index (χ0v) is 15.5. The van der Waals surface area contributed by atoms with E-state index in [1.54, 1.807) is 18.5 Å². The molecule has 2 rings (SSSR count). The van der Waals surface area contributed by atoms with Gasteiger partial charge in [0.25, 0.3) is 0 Å². The average Bonchev–Trinajstić information content (AvgIpc) is 3.09. The molecule has 2 aromatic rings. The summed E-state index contributed by atoms with van der Waals surface area (Å²) in [5, 5.41) is 25.7. The summed E-state index contributed by atoms with van der Waals surface area (Å²) in [4.78, 5) is 16.0. The number of hydrogen-bond donors (Lipinski definition) is 2. The molecule has 136 valence electrons. The first-order chi connectivity index (χ1) is 11.7. The second-order valence-corrected chi connectivity index (χ2v) is 7.27. The molecule has 0 spiro atoms. The summed E-state index contributed by atoms with van der Waals surface area (Å²) in [6.45, 7) is 9.17. The average molecular weight is 345 g/mol. The highest BCUT2D eigenvalue weighted by atomic mass is 16.4. The lowest BCUT2D eigenvalue weighted by molar-refractivity contribution is -0.175. The van der Waals surface area contributed by atoms with Crippen molar-refractivity contribution in [2.24, 2.45) is 5.41 Å². The molecule has 6 heteroatoms. The van der Waals surface area contributed by atoms with Crippen LogP contribution in [0.5, 0.6) is 0 Å². The second kappa shape index (κ2) is 6.96. The van der Waals surface area contributed by atoms with Gasteiger partial charge in [-0.15, -0.1) is 0 Å². The van der Waals surface area contributed by atoms with Gasteiger partial charge in [-0.25, -0.2) is 9.67 Å². The van der Waals surface area contributed by atoms with E-state index in [0.717, 1.165) is 5.56 Å². The number of benzene rings is 1.